The van der Waals surface area contributed by atoms with E-state index < -0.39 is 0 Å². The van der Waals surface area contributed by atoms with Gasteiger partial charge in [0.25, 0.3) is 0 Å². The molecule has 0 aliphatic rings. The highest BCUT2D eigenvalue weighted by Gasteiger charge is 2.06. The third-order valence-electron chi connectivity index (χ3n) is 3.31. The minimum absolute atomic E-state index is 0.0926. The van der Waals surface area contributed by atoms with Gasteiger partial charge in [-0.1, -0.05) is 36.4 Å². The quantitative estimate of drug-likeness (QED) is 0.709. The van der Waals surface area contributed by atoms with Gasteiger partial charge < -0.3 is 4.74 Å². The fourth-order valence-electron chi connectivity index (χ4n) is 2.23. The standard InChI is InChI=1S/C18H12FNO/c19-17-9-8-13(11-20)10-15(17)12-21-18-7-3-5-14-4-1-2-6-16(14)18/h1-10H,12H2. The summed E-state index contributed by atoms with van der Waals surface area (Å²) in [7, 11) is 0. The van der Waals surface area contributed by atoms with Crippen LogP contribution in [0.25, 0.3) is 10.8 Å². The van der Waals surface area contributed by atoms with Gasteiger partial charge in [0.1, 0.15) is 18.2 Å². The molecule has 0 aromatic heterocycles. The van der Waals surface area contributed by atoms with Gasteiger partial charge >= 0.3 is 0 Å². The minimum Gasteiger partial charge on any atom is -0.488 e. The number of nitrogens with zero attached hydrogens (tertiary/aromatic N) is 1. The monoisotopic (exact) mass is 277 g/mol. The van der Waals surface area contributed by atoms with Crippen LogP contribution in [0, 0.1) is 17.1 Å². The summed E-state index contributed by atoms with van der Waals surface area (Å²) in [4.78, 5) is 0. The first-order valence-electron chi connectivity index (χ1n) is 6.57. The average molecular weight is 277 g/mol. The molecule has 0 unspecified atom stereocenters. The summed E-state index contributed by atoms with van der Waals surface area (Å²) >= 11 is 0. The van der Waals surface area contributed by atoms with E-state index in [4.69, 9.17) is 10.00 Å². The Morgan fingerprint density at radius 3 is 2.67 bits per heavy atom. The largest absolute Gasteiger partial charge is 0.488 e. The Kier molecular flexibility index (Phi) is 3.53. The van der Waals surface area contributed by atoms with E-state index in [0.29, 0.717) is 16.9 Å². The van der Waals surface area contributed by atoms with Crippen molar-refractivity contribution in [1.29, 1.82) is 5.26 Å². The summed E-state index contributed by atoms with van der Waals surface area (Å²) in [6, 6.07) is 19.9. The van der Waals surface area contributed by atoms with Crippen LogP contribution in [0.1, 0.15) is 11.1 Å². The molecule has 3 rings (SSSR count). The fourth-order valence-corrected chi connectivity index (χ4v) is 2.23. The molecule has 0 N–H and O–H groups in total. The summed E-state index contributed by atoms with van der Waals surface area (Å²) in [5, 5.41) is 10.9. The Balaban J connectivity index is 1.89. The Morgan fingerprint density at radius 1 is 1.00 bits per heavy atom. The molecule has 0 bridgehead atoms. The van der Waals surface area contributed by atoms with Crippen molar-refractivity contribution < 1.29 is 9.13 Å². The number of hydrogen-bond donors (Lipinski definition) is 0. The SMILES string of the molecule is N#Cc1ccc(F)c(COc2cccc3ccccc23)c1. The second-order valence-electron chi connectivity index (χ2n) is 4.68. The smallest absolute Gasteiger partial charge is 0.129 e. The maximum Gasteiger partial charge on any atom is 0.129 e. The van der Waals surface area contributed by atoms with Crippen molar-refractivity contribution in [2.45, 2.75) is 6.61 Å². The van der Waals surface area contributed by atoms with Gasteiger partial charge in [0, 0.05) is 10.9 Å². The van der Waals surface area contributed by atoms with Gasteiger partial charge in [-0.15, -0.1) is 0 Å². The molecular formula is C18H12FNO. The van der Waals surface area contributed by atoms with Crippen LogP contribution in [-0.2, 0) is 6.61 Å². The minimum atomic E-state index is -0.366. The molecule has 0 saturated heterocycles. The Hall–Kier alpha value is -2.86. The van der Waals surface area contributed by atoms with Crippen LogP contribution in [0.4, 0.5) is 4.39 Å². The van der Waals surface area contributed by atoms with Crippen molar-refractivity contribution in [3.63, 3.8) is 0 Å². The van der Waals surface area contributed by atoms with Gasteiger partial charge in [-0.3, -0.25) is 0 Å². The molecule has 3 aromatic carbocycles. The van der Waals surface area contributed by atoms with Crippen LogP contribution in [-0.4, -0.2) is 0 Å². The molecule has 0 radical (unpaired) electrons. The second-order valence-corrected chi connectivity index (χ2v) is 4.68. The first-order valence-corrected chi connectivity index (χ1v) is 6.57. The van der Waals surface area contributed by atoms with Crippen molar-refractivity contribution >= 4 is 10.8 Å². The second kappa shape index (κ2) is 5.64. The van der Waals surface area contributed by atoms with E-state index in [9.17, 15) is 4.39 Å². The van der Waals surface area contributed by atoms with Crippen LogP contribution >= 0.6 is 0 Å². The van der Waals surface area contributed by atoms with E-state index in [-0.39, 0.29) is 12.4 Å². The van der Waals surface area contributed by atoms with Crippen molar-refractivity contribution in [2.75, 3.05) is 0 Å². The number of halogens is 1. The zero-order valence-corrected chi connectivity index (χ0v) is 11.2. The predicted molar refractivity (Wildman–Crippen MR) is 79.4 cm³/mol. The van der Waals surface area contributed by atoms with Crippen LogP contribution in [0.3, 0.4) is 0 Å². The van der Waals surface area contributed by atoms with Gasteiger partial charge in [-0.2, -0.15) is 5.26 Å². The van der Waals surface area contributed by atoms with E-state index in [2.05, 4.69) is 0 Å². The number of benzene rings is 3. The molecular weight excluding hydrogens is 265 g/mol. The molecule has 0 aliphatic heterocycles. The molecule has 0 atom stereocenters. The van der Waals surface area contributed by atoms with Crippen LogP contribution in [0.2, 0.25) is 0 Å². The summed E-state index contributed by atoms with van der Waals surface area (Å²) < 4.78 is 19.5. The molecule has 0 saturated carbocycles. The molecule has 0 heterocycles. The predicted octanol–water partition coefficient (Wildman–Crippen LogP) is 4.43. The lowest BCUT2D eigenvalue weighted by atomic mass is 10.1. The van der Waals surface area contributed by atoms with Gasteiger partial charge in [0.05, 0.1) is 11.6 Å². The Morgan fingerprint density at radius 2 is 1.81 bits per heavy atom. The Labute approximate surface area is 122 Å². The highest BCUT2D eigenvalue weighted by molar-refractivity contribution is 5.88. The number of fused-ring (bicyclic) bond motifs is 1. The van der Waals surface area contributed by atoms with Crippen LogP contribution in [0.5, 0.6) is 5.75 Å². The van der Waals surface area contributed by atoms with E-state index in [1.54, 1.807) is 0 Å². The topological polar surface area (TPSA) is 33.0 Å². The van der Waals surface area contributed by atoms with Crippen molar-refractivity contribution in [3.8, 4) is 11.8 Å². The molecule has 3 aromatic rings. The zero-order valence-electron chi connectivity index (χ0n) is 11.2. The third-order valence-corrected chi connectivity index (χ3v) is 3.31. The van der Waals surface area contributed by atoms with Crippen molar-refractivity contribution in [1.82, 2.24) is 0 Å². The lowest BCUT2D eigenvalue weighted by Gasteiger charge is -2.10. The molecule has 0 fully saturated rings. The van der Waals surface area contributed by atoms with E-state index in [1.165, 1.54) is 18.2 Å². The molecule has 21 heavy (non-hydrogen) atoms. The first kappa shape index (κ1) is 13.1. The number of rotatable bonds is 3. The average Bonchev–Trinajstić information content (AvgIpc) is 2.54. The molecule has 102 valence electrons. The van der Waals surface area contributed by atoms with Gasteiger partial charge in [0.2, 0.25) is 0 Å². The lowest BCUT2D eigenvalue weighted by Crippen LogP contribution is -1.99. The fraction of sp³-hybridized carbons (Fsp3) is 0.0556. The molecule has 0 aliphatic carbocycles. The normalized spacial score (nSPS) is 10.3. The highest BCUT2D eigenvalue weighted by atomic mass is 19.1. The Bertz CT molecular complexity index is 831. The van der Waals surface area contributed by atoms with Crippen molar-refractivity contribution in [3.05, 3.63) is 77.6 Å². The maximum atomic E-state index is 13.7. The summed E-state index contributed by atoms with van der Waals surface area (Å²) in [6.07, 6.45) is 0. The zero-order chi connectivity index (χ0) is 14.7. The van der Waals surface area contributed by atoms with E-state index in [0.717, 1.165) is 10.8 Å². The number of ether oxygens (including phenoxy) is 1. The van der Waals surface area contributed by atoms with Gasteiger partial charge in [-0.05, 0) is 29.7 Å². The van der Waals surface area contributed by atoms with Gasteiger partial charge in [-0.25, -0.2) is 4.39 Å². The molecule has 2 nitrogen and oxygen atoms in total. The first-order chi connectivity index (χ1) is 10.3. The summed E-state index contributed by atoms with van der Waals surface area (Å²) in [5.74, 6) is 0.337. The molecule has 0 amide bonds. The maximum absolute atomic E-state index is 13.7. The number of hydrogen-bond acceptors (Lipinski definition) is 2. The van der Waals surface area contributed by atoms with Crippen LogP contribution < -0.4 is 4.74 Å². The van der Waals surface area contributed by atoms with Crippen molar-refractivity contribution in [2.24, 2.45) is 0 Å². The third kappa shape index (κ3) is 2.70. The van der Waals surface area contributed by atoms with Gasteiger partial charge in [0.15, 0.2) is 0 Å². The van der Waals surface area contributed by atoms with E-state index >= 15 is 0 Å². The van der Waals surface area contributed by atoms with Crippen LogP contribution in [0.15, 0.2) is 60.7 Å². The lowest BCUT2D eigenvalue weighted by molar-refractivity contribution is 0.303. The summed E-state index contributed by atoms with van der Waals surface area (Å²) in [6.45, 7) is 0.0926. The number of nitriles is 1. The highest BCUT2D eigenvalue weighted by Crippen LogP contribution is 2.26. The summed E-state index contributed by atoms with van der Waals surface area (Å²) in [5.41, 5.74) is 0.801. The molecule has 0 spiro atoms. The van der Waals surface area contributed by atoms with E-state index in [1.807, 2.05) is 48.5 Å². The molecule has 3 heteroatoms.